The molecule has 1 rings (SSSR count). The van der Waals surface area contributed by atoms with Crippen LogP contribution in [0.15, 0.2) is 29.3 Å². The van der Waals surface area contributed by atoms with Gasteiger partial charge in [0.05, 0.1) is 6.54 Å². The van der Waals surface area contributed by atoms with Crippen LogP contribution < -0.4 is 15.4 Å². The lowest BCUT2D eigenvalue weighted by atomic mass is 10.3. The van der Waals surface area contributed by atoms with Crippen molar-refractivity contribution in [2.45, 2.75) is 19.8 Å². The number of hydrogen-bond acceptors (Lipinski definition) is 3. The molecule has 0 aliphatic heterocycles. The number of rotatable bonds is 10. The van der Waals surface area contributed by atoms with Gasteiger partial charge in [0.1, 0.15) is 18.2 Å². The molecule has 0 aliphatic rings. The Hall–Kier alpha value is -1.09. The summed E-state index contributed by atoms with van der Waals surface area (Å²) in [5.41, 5.74) is 0. The van der Waals surface area contributed by atoms with Crippen LogP contribution in [0.4, 0.5) is 4.39 Å². The number of aliphatic imine (C=N–C) groups is 1. The molecule has 0 amide bonds. The van der Waals surface area contributed by atoms with Gasteiger partial charge in [-0.15, -0.1) is 24.0 Å². The lowest BCUT2D eigenvalue weighted by molar-refractivity contribution is 0.143. The summed E-state index contributed by atoms with van der Waals surface area (Å²) >= 11 is 0. The maximum Gasteiger partial charge on any atom is 0.191 e. The van der Waals surface area contributed by atoms with Crippen LogP contribution >= 0.6 is 24.0 Å². The van der Waals surface area contributed by atoms with E-state index in [9.17, 15) is 4.39 Å². The number of ether oxygens (including phenoxy) is 2. The second-order valence-electron chi connectivity index (χ2n) is 4.64. The van der Waals surface area contributed by atoms with E-state index in [1.807, 2.05) is 6.92 Å². The van der Waals surface area contributed by atoms with Gasteiger partial charge in [0.15, 0.2) is 5.96 Å². The van der Waals surface area contributed by atoms with Gasteiger partial charge in [-0.05, 0) is 31.9 Å². The lowest BCUT2D eigenvalue weighted by Gasteiger charge is -2.12. The second kappa shape index (κ2) is 14.5. The Morgan fingerprint density at radius 3 is 2.65 bits per heavy atom. The van der Waals surface area contributed by atoms with Crippen molar-refractivity contribution in [2.75, 3.05) is 40.0 Å². The molecule has 0 spiro atoms. The highest BCUT2D eigenvalue weighted by Gasteiger charge is 1.98. The van der Waals surface area contributed by atoms with E-state index < -0.39 is 0 Å². The van der Waals surface area contributed by atoms with Crippen molar-refractivity contribution in [3.05, 3.63) is 30.1 Å². The molecule has 0 unspecified atom stereocenters. The molecule has 1 aromatic rings. The van der Waals surface area contributed by atoms with Crippen LogP contribution in [-0.4, -0.2) is 45.9 Å². The number of nitrogens with zero attached hydrogens (tertiary/aromatic N) is 1. The first kappa shape index (κ1) is 21.9. The van der Waals surface area contributed by atoms with E-state index in [0.717, 1.165) is 38.6 Å². The minimum atomic E-state index is -0.296. The fourth-order valence-corrected chi connectivity index (χ4v) is 1.80. The van der Waals surface area contributed by atoms with Crippen LogP contribution in [0.1, 0.15) is 19.8 Å². The van der Waals surface area contributed by atoms with E-state index in [0.29, 0.717) is 18.9 Å². The minimum absolute atomic E-state index is 0. The van der Waals surface area contributed by atoms with Crippen LogP contribution in [0.3, 0.4) is 0 Å². The standard InChI is InChI=1S/C16H26FN3O2.HI/c1-3-21-11-5-4-9-19-16(18-2)20-10-12-22-15-8-6-7-14(17)13-15;/h6-8,13H,3-5,9-12H2,1-2H3,(H2,18,19,20);1H. The average Bonchev–Trinajstić information content (AvgIpc) is 2.52. The molecule has 2 N–H and O–H groups in total. The molecule has 0 fully saturated rings. The molecule has 7 heteroatoms. The second-order valence-corrected chi connectivity index (χ2v) is 4.64. The van der Waals surface area contributed by atoms with Crippen LogP contribution in [-0.2, 0) is 4.74 Å². The van der Waals surface area contributed by atoms with Crippen molar-refractivity contribution in [1.29, 1.82) is 0 Å². The summed E-state index contributed by atoms with van der Waals surface area (Å²) in [4.78, 5) is 4.13. The van der Waals surface area contributed by atoms with Gasteiger partial charge in [-0.25, -0.2) is 4.39 Å². The first-order valence-electron chi connectivity index (χ1n) is 7.67. The van der Waals surface area contributed by atoms with Gasteiger partial charge in [0.2, 0.25) is 0 Å². The molecule has 0 bridgehead atoms. The fourth-order valence-electron chi connectivity index (χ4n) is 1.80. The van der Waals surface area contributed by atoms with Gasteiger partial charge in [-0.2, -0.15) is 0 Å². The largest absolute Gasteiger partial charge is 0.492 e. The van der Waals surface area contributed by atoms with Gasteiger partial charge in [0, 0.05) is 32.9 Å². The summed E-state index contributed by atoms with van der Waals surface area (Å²) in [6.45, 7) is 5.44. The Morgan fingerprint density at radius 1 is 1.17 bits per heavy atom. The van der Waals surface area contributed by atoms with Crippen LogP contribution in [0.5, 0.6) is 5.75 Å². The number of guanidine groups is 1. The van der Waals surface area contributed by atoms with Crippen molar-refractivity contribution < 1.29 is 13.9 Å². The van der Waals surface area contributed by atoms with Crippen LogP contribution in [0.25, 0.3) is 0 Å². The van der Waals surface area contributed by atoms with Crippen molar-refractivity contribution >= 4 is 29.9 Å². The lowest BCUT2D eigenvalue weighted by Crippen LogP contribution is -2.39. The quantitative estimate of drug-likeness (QED) is 0.255. The number of benzene rings is 1. The third-order valence-electron chi connectivity index (χ3n) is 2.89. The van der Waals surface area contributed by atoms with Crippen molar-refractivity contribution in [3.8, 4) is 5.75 Å². The predicted molar refractivity (Wildman–Crippen MR) is 102 cm³/mol. The molecule has 0 aromatic heterocycles. The van der Waals surface area contributed by atoms with Crippen molar-refractivity contribution in [2.24, 2.45) is 4.99 Å². The monoisotopic (exact) mass is 439 g/mol. The Kier molecular flexibility index (Phi) is 13.8. The topological polar surface area (TPSA) is 54.9 Å². The highest BCUT2D eigenvalue weighted by atomic mass is 127. The van der Waals surface area contributed by atoms with E-state index in [4.69, 9.17) is 9.47 Å². The summed E-state index contributed by atoms with van der Waals surface area (Å²) in [6.07, 6.45) is 2.06. The third kappa shape index (κ3) is 11.1. The Labute approximate surface area is 155 Å². The molecule has 5 nitrogen and oxygen atoms in total. The normalized spacial score (nSPS) is 10.8. The average molecular weight is 439 g/mol. The minimum Gasteiger partial charge on any atom is -0.492 e. The zero-order chi connectivity index (χ0) is 16.0. The van der Waals surface area contributed by atoms with Gasteiger partial charge in [0.25, 0.3) is 0 Å². The molecule has 0 saturated heterocycles. The van der Waals surface area contributed by atoms with E-state index in [1.54, 1.807) is 19.2 Å². The molecule has 0 radical (unpaired) electrons. The molecule has 132 valence electrons. The molecule has 1 aromatic carbocycles. The van der Waals surface area contributed by atoms with E-state index in [1.165, 1.54) is 12.1 Å². The highest BCUT2D eigenvalue weighted by Crippen LogP contribution is 2.11. The zero-order valence-electron chi connectivity index (χ0n) is 13.8. The number of unbranched alkanes of at least 4 members (excludes halogenated alkanes) is 1. The Morgan fingerprint density at radius 2 is 1.96 bits per heavy atom. The first-order chi connectivity index (χ1) is 10.8. The maximum absolute atomic E-state index is 13.0. The SMILES string of the molecule is CCOCCCCNC(=NC)NCCOc1cccc(F)c1.I. The zero-order valence-corrected chi connectivity index (χ0v) is 16.1. The van der Waals surface area contributed by atoms with Crippen LogP contribution in [0, 0.1) is 5.82 Å². The third-order valence-corrected chi connectivity index (χ3v) is 2.89. The van der Waals surface area contributed by atoms with Crippen molar-refractivity contribution in [3.63, 3.8) is 0 Å². The highest BCUT2D eigenvalue weighted by molar-refractivity contribution is 14.0. The summed E-state index contributed by atoms with van der Waals surface area (Å²) in [5.74, 6) is 0.968. The van der Waals surface area contributed by atoms with Gasteiger partial charge < -0.3 is 20.1 Å². The molecule has 0 heterocycles. The Bertz CT molecular complexity index is 447. The summed E-state index contributed by atoms with van der Waals surface area (Å²) < 4.78 is 23.7. The molecule has 23 heavy (non-hydrogen) atoms. The number of nitrogens with one attached hydrogen (secondary N) is 2. The van der Waals surface area contributed by atoms with Crippen molar-refractivity contribution in [1.82, 2.24) is 10.6 Å². The number of halogens is 2. The molecule has 0 saturated carbocycles. The Balaban J connectivity index is 0.00000484. The van der Waals surface area contributed by atoms with Gasteiger partial charge in [-0.1, -0.05) is 6.07 Å². The summed E-state index contributed by atoms with van der Waals surface area (Å²) in [6, 6.07) is 6.11. The summed E-state index contributed by atoms with van der Waals surface area (Å²) in [7, 11) is 1.73. The van der Waals surface area contributed by atoms with E-state index in [-0.39, 0.29) is 29.8 Å². The molecular formula is C16H27FIN3O2. The molecular weight excluding hydrogens is 412 g/mol. The fraction of sp³-hybridized carbons (Fsp3) is 0.562. The maximum atomic E-state index is 13.0. The van der Waals surface area contributed by atoms with Gasteiger partial charge in [-0.3, -0.25) is 4.99 Å². The molecule has 0 atom stereocenters. The van der Waals surface area contributed by atoms with Crippen LogP contribution in [0.2, 0.25) is 0 Å². The molecule has 0 aliphatic carbocycles. The van der Waals surface area contributed by atoms with Gasteiger partial charge >= 0.3 is 0 Å². The summed E-state index contributed by atoms with van der Waals surface area (Å²) in [5, 5.41) is 6.37. The first-order valence-corrected chi connectivity index (χ1v) is 7.67. The number of hydrogen-bond donors (Lipinski definition) is 2. The smallest absolute Gasteiger partial charge is 0.191 e. The van der Waals surface area contributed by atoms with E-state index in [2.05, 4.69) is 15.6 Å². The van der Waals surface area contributed by atoms with E-state index >= 15 is 0 Å². The predicted octanol–water partition coefficient (Wildman–Crippen LogP) is 2.80.